The van der Waals surface area contributed by atoms with Gasteiger partial charge in [-0.2, -0.15) is 5.10 Å². The average Bonchev–Trinajstić information content (AvgIpc) is 3.29. The molecule has 0 radical (unpaired) electrons. The number of amides is 1. The fourth-order valence-corrected chi connectivity index (χ4v) is 3.81. The molecule has 4 aromatic rings. The first-order valence-corrected chi connectivity index (χ1v) is 11.0. The second-order valence-electron chi connectivity index (χ2n) is 6.86. The predicted octanol–water partition coefficient (Wildman–Crippen LogP) is 3.89. The highest BCUT2D eigenvalue weighted by molar-refractivity contribution is 7.99. The molecule has 0 saturated carbocycles. The molecular formula is C24H21N5O3S. The molecule has 0 aliphatic rings. The van der Waals surface area contributed by atoms with Crippen molar-refractivity contribution >= 4 is 23.9 Å². The molecule has 1 amide bonds. The van der Waals surface area contributed by atoms with Crippen LogP contribution in [0.5, 0.6) is 11.5 Å². The molecule has 4 rings (SSSR count). The molecule has 8 nitrogen and oxygen atoms in total. The Bertz CT molecular complexity index is 1260. The van der Waals surface area contributed by atoms with Crippen molar-refractivity contribution in [3.05, 3.63) is 84.4 Å². The Balaban J connectivity index is 1.46. The van der Waals surface area contributed by atoms with Crippen LogP contribution in [0, 0.1) is 0 Å². The Morgan fingerprint density at radius 3 is 2.55 bits per heavy atom. The minimum absolute atomic E-state index is 0.0347. The van der Waals surface area contributed by atoms with Crippen molar-refractivity contribution in [2.24, 2.45) is 5.10 Å². The van der Waals surface area contributed by atoms with Gasteiger partial charge >= 0.3 is 0 Å². The predicted molar refractivity (Wildman–Crippen MR) is 128 cm³/mol. The third-order valence-corrected chi connectivity index (χ3v) is 5.55. The molecular weight excluding hydrogens is 438 g/mol. The van der Waals surface area contributed by atoms with E-state index in [2.05, 4.69) is 20.7 Å². The number of hydrazone groups is 1. The Labute approximate surface area is 194 Å². The number of phenolic OH excluding ortho intramolecular Hbond substituents is 1. The zero-order chi connectivity index (χ0) is 23.0. The highest BCUT2D eigenvalue weighted by Gasteiger charge is 2.17. The first-order chi connectivity index (χ1) is 16.2. The fraction of sp³-hybridized carbons (Fsp3) is 0.0833. The summed E-state index contributed by atoms with van der Waals surface area (Å²) in [5.41, 5.74) is 5.01. The minimum atomic E-state index is -0.286. The summed E-state index contributed by atoms with van der Waals surface area (Å²) in [7, 11) is 1.46. The summed E-state index contributed by atoms with van der Waals surface area (Å²) >= 11 is 1.27. The summed E-state index contributed by atoms with van der Waals surface area (Å²) in [6.07, 6.45) is 1.48. The van der Waals surface area contributed by atoms with Crippen molar-refractivity contribution < 1.29 is 14.6 Å². The van der Waals surface area contributed by atoms with Crippen molar-refractivity contribution in [1.82, 2.24) is 20.2 Å². The largest absolute Gasteiger partial charge is 0.504 e. The highest BCUT2D eigenvalue weighted by atomic mass is 32.2. The molecule has 0 spiro atoms. The van der Waals surface area contributed by atoms with Gasteiger partial charge in [-0.15, -0.1) is 10.2 Å². The topological polar surface area (TPSA) is 102 Å². The lowest BCUT2D eigenvalue weighted by molar-refractivity contribution is -0.118. The number of phenols is 1. The second-order valence-corrected chi connectivity index (χ2v) is 7.80. The monoisotopic (exact) mass is 459 g/mol. The van der Waals surface area contributed by atoms with Crippen LogP contribution in [0.4, 0.5) is 0 Å². The standard InChI is InChI=1S/C24H21N5O3S/c1-32-21-14-17(12-13-20(21)30)15-25-26-22(31)16-33-24-28-27-23(18-8-4-2-5-9-18)29(24)19-10-6-3-7-11-19/h2-15,30H,16H2,1H3,(H,26,31)/b25-15+. The maximum absolute atomic E-state index is 12.3. The number of nitrogens with one attached hydrogen (secondary N) is 1. The first kappa shape index (κ1) is 22.1. The molecule has 1 aromatic heterocycles. The van der Waals surface area contributed by atoms with Crippen molar-refractivity contribution in [2.45, 2.75) is 5.16 Å². The third-order valence-electron chi connectivity index (χ3n) is 4.62. The Hall–Kier alpha value is -4.11. The molecule has 0 aliphatic carbocycles. The molecule has 9 heteroatoms. The zero-order valence-corrected chi connectivity index (χ0v) is 18.6. The molecule has 33 heavy (non-hydrogen) atoms. The van der Waals surface area contributed by atoms with E-state index in [1.54, 1.807) is 12.1 Å². The summed E-state index contributed by atoms with van der Waals surface area (Å²) in [6, 6.07) is 24.3. The number of thioether (sulfide) groups is 1. The van der Waals surface area contributed by atoms with Crippen LogP contribution in [-0.4, -0.2) is 44.9 Å². The lowest BCUT2D eigenvalue weighted by atomic mass is 10.2. The van der Waals surface area contributed by atoms with Gasteiger partial charge in [-0.05, 0) is 35.9 Å². The first-order valence-electron chi connectivity index (χ1n) is 10.0. The van der Waals surface area contributed by atoms with Crippen LogP contribution in [0.25, 0.3) is 17.1 Å². The number of hydrogen-bond acceptors (Lipinski definition) is 7. The quantitative estimate of drug-likeness (QED) is 0.235. The molecule has 2 N–H and O–H groups in total. The van der Waals surface area contributed by atoms with Crippen LogP contribution >= 0.6 is 11.8 Å². The number of ether oxygens (including phenoxy) is 1. The van der Waals surface area contributed by atoms with E-state index >= 15 is 0 Å². The summed E-state index contributed by atoms with van der Waals surface area (Å²) in [5, 5.41) is 22.9. The average molecular weight is 460 g/mol. The fourth-order valence-electron chi connectivity index (χ4n) is 3.06. The van der Waals surface area contributed by atoms with Gasteiger partial charge in [0.25, 0.3) is 5.91 Å². The lowest BCUT2D eigenvalue weighted by Gasteiger charge is -2.10. The van der Waals surface area contributed by atoms with E-state index < -0.39 is 0 Å². The van der Waals surface area contributed by atoms with Gasteiger partial charge in [-0.25, -0.2) is 5.43 Å². The summed E-state index contributed by atoms with van der Waals surface area (Å²) in [6.45, 7) is 0. The number of hydrogen-bond donors (Lipinski definition) is 2. The maximum Gasteiger partial charge on any atom is 0.250 e. The number of benzene rings is 3. The van der Waals surface area contributed by atoms with E-state index in [0.717, 1.165) is 11.3 Å². The zero-order valence-electron chi connectivity index (χ0n) is 17.8. The minimum Gasteiger partial charge on any atom is -0.504 e. The van der Waals surface area contributed by atoms with Gasteiger partial charge in [0, 0.05) is 11.3 Å². The number of carbonyl (C=O) groups is 1. The summed E-state index contributed by atoms with van der Waals surface area (Å²) in [4.78, 5) is 12.3. The van der Waals surface area contributed by atoms with Gasteiger partial charge in [0.1, 0.15) is 0 Å². The van der Waals surface area contributed by atoms with E-state index in [0.29, 0.717) is 22.3 Å². The molecule has 0 bridgehead atoms. The van der Waals surface area contributed by atoms with E-state index in [1.807, 2.05) is 65.2 Å². The van der Waals surface area contributed by atoms with Crippen molar-refractivity contribution in [3.63, 3.8) is 0 Å². The molecule has 1 heterocycles. The molecule has 0 unspecified atom stereocenters. The van der Waals surface area contributed by atoms with Gasteiger partial charge in [0.05, 0.1) is 19.1 Å². The van der Waals surface area contributed by atoms with E-state index in [4.69, 9.17) is 4.74 Å². The number of para-hydroxylation sites is 1. The normalized spacial score (nSPS) is 10.9. The third kappa shape index (κ3) is 5.39. The van der Waals surface area contributed by atoms with Crippen LogP contribution in [-0.2, 0) is 4.79 Å². The molecule has 0 atom stereocenters. The maximum atomic E-state index is 12.3. The summed E-state index contributed by atoms with van der Waals surface area (Å²) < 4.78 is 6.99. The highest BCUT2D eigenvalue weighted by Crippen LogP contribution is 2.28. The Morgan fingerprint density at radius 2 is 1.82 bits per heavy atom. The van der Waals surface area contributed by atoms with Gasteiger partial charge in [-0.3, -0.25) is 9.36 Å². The molecule has 0 fully saturated rings. The summed E-state index contributed by atoms with van der Waals surface area (Å²) in [5.74, 6) is 0.883. The molecule has 166 valence electrons. The molecule has 3 aromatic carbocycles. The molecule has 0 saturated heterocycles. The van der Waals surface area contributed by atoms with Crippen LogP contribution in [0.2, 0.25) is 0 Å². The Kier molecular flexibility index (Phi) is 7.01. The van der Waals surface area contributed by atoms with E-state index in [1.165, 1.54) is 31.2 Å². The van der Waals surface area contributed by atoms with Gasteiger partial charge in [-0.1, -0.05) is 60.3 Å². The van der Waals surface area contributed by atoms with Gasteiger partial charge in [0.15, 0.2) is 22.5 Å². The van der Waals surface area contributed by atoms with Crippen LogP contribution in [0.15, 0.2) is 89.1 Å². The van der Waals surface area contributed by atoms with Gasteiger partial charge in [0.2, 0.25) is 0 Å². The van der Waals surface area contributed by atoms with Crippen molar-refractivity contribution in [3.8, 4) is 28.6 Å². The number of aromatic hydroxyl groups is 1. The number of carbonyl (C=O) groups excluding carboxylic acids is 1. The molecule has 0 aliphatic heterocycles. The van der Waals surface area contributed by atoms with E-state index in [-0.39, 0.29) is 17.4 Å². The van der Waals surface area contributed by atoms with Gasteiger partial charge < -0.3 is 9.84 Å². The smallest absolute Gasteiger partial charge is 0.250 e. The number of nitrogens with zero attached hydrogens (tertiary/aromatic N) is 4. The lowest BCUT2D eigenvalue weighted by Crippen LogP contribution is -2.20. The van der Waals surface area contributed by atoms with Crippen molar-refractivity contribution in [1.29, 1.82) is 0 Å². The second kappa shape index (κ2) is 10.5. The Morgan fingerprint density at radius 1 is 1.09 bits per heavy atom. The van der Waals surface area contributed by atoms with Crippen LogP contribution < -0.4 is 10.2 Å². The number of rotatable bonds is 8. The van der Waals surface area contributed by atoms with Crippen LogP contribution in [0.3, 0.4) is 0 Å². The SMILES string of the molecule is COc1cc(/C=N/NC(=O)CSc2nnc(-c3ccccc3)n2-c2ccccc2)ccc1O. The van der Waals surface area contributed by atoms with E-state index in [9.17, 15) is 9.90 Å². The van der Waals surface area contributed by atoms with Crippen LogP contribution in [0.1, 0.15) is 5.56 Å². The number of methoxy groups -OCH3 is 1. The number of aromatic nitrogens is 3. The van der Waals surface area contributed by atoms with Crippen molar-refractivity contribution in [2.75, 3.05) is 12.9 Å².